The minimum atomic E-state index is -0.208. The fourth-order valence-corrected chi connectivity index (χ4v) is 5.47. The van der Waals surface area contributed by atoms with E-state index in [9.17, 15) is 9.59 Å². The second-order valence-electron chi connectivity index (χ2n) is 7.62. The molecule has 2 aromatic rings. The highest BCUT2D eigenvalue weighted by Gasteiger charge is 2.44. The van der Waals surface area contributed by atoms with Gasteiger partial charge >= 0.3 is 0 Å². The van der Waals surface area contributed by atoms with E-state index in [1.54, 1.807) is 31.0 Å². The molecule has 7 nitrogen and oxygen atoms in total. The average Bonchev–Trinajstić information content (AvgIpc) is 3.45. The summed E-state index contributed by atoms with van der Waals surface area (Å²) in [5, 5.41) is 6.58. The Morgan fingerprint density at radius 3 is 2.80 bits per heavy atom. The van der Waals surface area contributed by atoms with Crippen LogP contribution in [0.15, 0.2) is 47.1 Å². The van der Waals surface area contributed by atoms with Crippen LogP contribution in [-0.4, -0.2) is 60.1 Å². The predicted molar refractivity (Wildman–Crippen MR) is 116 cm³/mol. The third kappa shape index (κ3) is 4.49. The van der Waals surface area contributed by atoms with E-state index in [4.69, 9.17) is 9.15 Å². The molecule has 2 aliphatic rings. The van der Waals surface area contributed by atoms with Gasteiger partial charge in [0.1, 0.15) is 5.75 Å². The van der Waals surface area contributed by atoms with Crippen molar-refractivity contribution < 1.29 is 18.7 Å². The summed E-state index contributed by atoms with van der Waals surface area (Å²) in [4.78, 5) is 26.8. The Balaban J connectivity index is 1.24. The Hall–Kier alpha value is -2.45. The van der Waals surface area contributed by atoms with E-state index in [-0.39, 0.29) is 22.7 Å². The van der Waals surface area contributed by atoms with E-state index in [1.807, 2.05) is 29.2 Å². The van der Waals surface area contributed by atoms with Crippen molar-refractivity contribution in [2.24, 2.45) is 0 Å². The number of benzene rings is 1. The van der Waals surface area contributed by atoms with Gasteiger partial charge in [-0.2, -0.15) is 0 Å². The van der Waals surface area contributed by atoms with Crippen molar-refractivity contribution >= 4 is 23.6 Å². The van der Waals surface area contributed by atoms with Gasteiger partial charge in [-0.15, -0.1) is 11.8 Å². The minimum Gasteiger partial charge on any atom is -0.496 e. The first-order valence-corrected chi connectivity index (χ1v) is 11.2. The molecule has 0 aliphatic carbocycles. The molecule has 160 valence electrons. The average molecular weight is 430 g/mol. The summed E-state index contributed by atoms with van der Waals surface area (Å²) in [5.74, 6) is 1.93. The number of carbonyl (C=O) groups excluding carboxylic acids is 2. The summed E-state index contributed by atoms with van der Waals surface area (Å²) in [6.45, 7) is 1.88. The number of nitrogens with one attached hydrogen (secondary N) is 2. The van der Waals surface area contributed by atoms with Gasteiger partial charge in [-0.05, 0) is 43.0 Å². The fraction of sp³-hybridized carbons (Fsp3) is 0.455. The van der Waals surface area contributed by atoms with Crippen molar-refractivity contribution in [1.29, 1.82) is 0 Å². The lowest BCUT2D eigenvalue weighted by molar-refractivity contribution is -0.122. The predicted octanol–water partition coefficient (Wildman–Crippen LogP) is 2.28. The number of methoxy groups -OCH3 is 1. The van der Waals surface area contributed by atoms with Crippen LogP contribution >= 0.6 is 11.8 Å². The highest BCUT2D eigenvalue weighted by atomic mass is 32.2. The second-order valence-corrected chi connectivity index (χ2v) is 9.03. The zero-order valence-electron chi connectivity index (χ0n) is 17.1. The number of amides is 2. The maximum absolute atomic E-state index is 12.6. The smallest absolute Gasteiger partial charge is 0.289 e. The molecule has 2 N–H and O–H groups in total. The standard InChI is InChI=1S/C22H27N3O4S/c1-28-18-6-3-2-5-16(18)8-11-23-20(26)17-15-30-22(24-17)9-12-25(13-10-22)21(27)19-7-4-14-29-19/h2-7,14,17,24H,8-13,15H2,1H3,(H,23,26). The van der Waals surface area contributed by atoms with Gasteiger partial charge in [0.15, 0.2) is 5.76 Å². The lowest BCUT2D eigenvalue weighted by Crippen LogP contribution is -2.54. The van der Waals surface area contributed by atoms with Gasteiger partial charge in [0.2, 0.25) is 5.91 Å². The van der Waals surface area contributed by atoms with Crippen molar-refractivity contribution in [2.75, 3.05) is 32.5 Å². The molecule has 0 radical (unpaired) electrons. The van der Waals surface area contributed by atoms with Crippen molar-refractivity contribution in [3.05, 3.63) is 54.0 Å². The molecule has 2 aliphatic heterocycles. The van der Waals surface area contributed by atoms with E-state index in [0.29, 0.717) is 25.4 Å². The van der Waals surface area contributed by atoms with Gasteiger partial charge < -0.3 is 19.4 Å². The summed E-state index contributed by atoms with van der Waals surface area (Å²) < 4.78 is 10.6. The Kier molecular flexibility index (Phi) is 6.34. The highest BCUT2D eigenvalue weighted by Crippen LogP contribution is 2.39. The number of ether oxygens (including phenoxy) is 1. The number of para-hydroxylation sites is 1. The number of nitrogens with zero attached hydrogens (tertiary/aromatic N) is 1. The third-order valence-electron chi connectivity index (χ3n) is 5.76. The van der Waals surface area contributed by atoms with E-state index < -0.39 is 0 Å². The molecule has 4 rings (SSSR count). The number of hydrogen-bond donors (Lipinski definition) is 2. The molecule has 1 aromatic heterocycles. The summed E-state index contributed by atoms with van der Waals surface area (Å²) in [7, 11) is 1.66. The molecular weight excluding hydrogens is 402 g/mol. The quantitative estimate of drug-likeness (QED) is 0.733. The largest absolute Gasteiger partial charge is 0.496 e. The van der Waals surface area contributed by atoms with E-state index in [1.165, 1.54) is 6.26 Å². The summed E-state index contributed by atoms with van der Waals surface area (Å²) in [6.07, 6.45) is 3.87. The van der Waals surface area contributed by atoms with Crippen LogP contribution in [0.2, 0.25) is 0 Å². The van der Waals surface area contributed by atoms with Gasteiger partial charge in [0.25, 0.3) is 5.91 Å². The van der Waals surface area contributed by atoms with Crippen LogP contribution < -0.4 is 15.4 Å². The van der Waals surface area contributed by atoms with Gasteiger partial charge in [0, 0.05) is 25.4 Å². The molecular formula is C22H27N3O4S. The number of furan rings is 1. The molecule has 2 saturated heterocycles. The molecule has 2 fully saturated rings. The normalized spacial score (nSPS) is 20.3. The lowest BCUT2D eigenvalue weighted by Gasteiger charge is -2.38. The van der Waals surface area contributed by atoms with Crippen LogP contribution in [0.5, 0.6) is 5.75 Å². The molecule has 1 unspecified atom stereocenters. The molecule has 1 atom stereocenters. The highest BCUT2D eigenvalue weighted by molar-refractivity contribution is 8.01. The van der Waals surface area contributed by atoms with Gasteiger partial charge in [-0.25, -0.2) is 0 Å². The number of carbonyl (C=O) groups is 2. The molecule has 0 saturated carbocycles. The Morgan fingerprint density at radius 1 is 1.27 bits per heavy atom. The van der Waals surface area contributed by atoms with Crippen molar-refractivity contribution in [1.82, 2.24) is 15.5 Å². The molecule has 1 aromatic carbocycles. The Labute approximate surface area is 180 Å². The van der Waals surface area contributed by atoms with E-state index >= 15 is 0 Å². The number of piperidine rings is 1. The maximum atomic E-state index is 12.6. The van der Waals surface area contributed by atoms with Crippen LogP contribution in [-0.2, 0) is 11.2 Å². The molecule has 2 amide bonds. The van der Waals surface area contributed by atoms with Gasteiger partial charge in [0.05, 0.1) is 24.3 Å². The van der Waals surface area contributed by atoms with Crippen LogP contribution in [0.1, 0.15) is 29.0 Å². The monoisotopic (exact) mass is 429 g/mol. The number of hydrogen-bond acceptors (Lipinski definition) is 6. The van der Waals surface area contributed by atoms with Crippen LogP contribution in [0.25, 0.3) is 0 Å². The van der Waals surface area contributed by atoms with Gasteiger partial charge in [-0.1, -0.05) is 18.2 Å². The zero-order valence-corrected chi connectivity index (χ0v) is 17.9. The van der Waals surface area contributed by atoms with E-state index in [0.717, 1.165) is 36.3 Å². The topological polar surface area (TPSA) is 83.8 Å². The first-order valence-electron chi connectivity index (χ1n) is 10.2. The first-order chi connectivity index (χ1) is 14.6. The lowest BCUT2D eigenvalue weighted by atomic mass is 10.0. The molecule has 3 heterocycles. The fourth-order valence-electron chi connectivity index (χ4n) is 4.05. The number of thioether (sulfide) groups is 1. The minimum absolute atomic E-state index is 0.0309. The molecule has 30 heavy (non-hydrogen) atoms. The van der Waals surface area contributed by atoms with Crippen LogP contribution in [0.4, 0.5) is 0 Å². The number of rotatable bonds is 6. The van der Waals surface area contributed by atoms with Crippen LogP contribution in [0.3, 0.4) is 0 Å². The Bertz CT molecular complexity index is 878. The van der Waals surface area contributed by atoms with Crippen LogP contribution in [0, 0.1) is 0 Å². The zero-order chi connectivity index (χ0) is 21.0. The van der Waals surface area contributed by atoms with Crippen molar-refractivity contribution in [3.63, 3.8) is 0 Å². The maximum Gasteiger partial charge on any atom is 0.289 e. The molecule has 8 heteroatoms. The summed E-state index contributed by atoms with van der Waals surface area (Å²) >= 11 is 1.80. The van der Waals surface area contributed by atoms with Crippen molar-refractivity contribution in [3.8, 4) is 5.75 Å². The Morgan fingerprint density at radius 2 is 2.07 bits per heavy atom. The summed E-state index contributed by atoms with van der Waals surface area (Å²) in [6, 6.07) is 11.1. The first kappa shape index (κ1) is 20.8. The second kappa shape index (κ2) is 9.14. The molecule has 1 spiro atoms. The van der Waals surface area contributed by atoms with E-state index in [2.05, 4.69) is 10.6 Å². The third-order valence-corrected chi connectivity index (χ3v) is 7.34. The SMILES string of the molecule is COc1ccccc1CCNC(=O)C1CSC2(CCN(C(=O)c3ccco3)CC2)N1. The van der Waals surface area contributed by atoms with Gasteiger partial charge in [-0.3, -0.25) is 14.9 Å². The van der Waals surface area contributed by atoms with Crippen molar-refractivity contribution in [2.45, 2.75) is 30.2 Å². The molecule has 0 bridgehead atoms. The number of likely N-dealkylation sites (tertiary alicyclic amines) is 1. The summed E-state index contributed by atoms with van der Waals surface area (Å²) in [5.41, 5.74) is 1.08.